The minimum Gasteiger partial charge on any atom is -0.507 e. The second kappa shape index (κ2) is 10.3. The normalized spacial score (nSPS) is 16.6. The lowest BCUT2D eigenvalue weighted by atomic mass is 9.78. The molecule has 204 valence electrons. The van der Waals surface area contributed by atoms with Gasteiger partial charge in [0.25, 0.3) is 5.91 Å². The van der Waals surface area contributed by atoms with E-state index >= 15 is 0 Å². The highest BCUT2D eigenvalue weighted by Crippen LogP contribution is 2.42. The molecule has 1 aliphatic heterocycles. The van der Waals surface area contributed by atoms with Crippen LogP contribution in [0.1, 0.15) is 80.5 Å². The Morgan fingerprint density at radius 2 is 1.31 bits per heavy atom. The number of carbonyl (C=O) groups is 1. The molecule has 0 radical (unpaired) electrons. The molecule has 3 aromatic rings. The third kappa shape index (κ3) is 5.99. The first kappa shape index (κ1) is 28.7. The van der Waals surface area contributed by atoms with E-state index in [4.69, 9.17) is 4.99 Å². The van der Waals surface area contributed by atoms with Crippen LogP contribution in [0.2, 0.25) is 0 Å². The zero-order valence-electron chi connectivity index (χ0n) is 24.9. The highest BCUT2D eigenvalue weighted by molar-refractivity contribution is 8.19. The van der Waals surface area contributed by atoms with Crippen LogP contribution < -0.4 is 4.90 Å². The van der Waals surface area contributed by atoms with Crippen molar-refractivity contribution in [1.82, 2.24) is 0 Å². The number of phenols is 1. The summed E-state index contributed by atoms with van der Waals surface area (Å²) in [6.45, 7) is 20.8. The van der Waals surface area contributed by atoms with Crippen LogP contribution in [-0.2, 0) is 15.6 Å². The van der Waals surface area contributed by atoms with Crippen LogP contribution in [0.4, 0.5) is 11.4 Å². The number of carbonyl (C=O) groups excluding carboxylic acids is 1. The summed E-state index contributed by atoms with van der Waals surface area (Å²) in [5.41, 5.74) is 8.40. The third-order valence-electron chi connectivity index (χ3n) is 7.32. The van der Waals surface area contributed by atoms with Crippen LogP contribution >= 0.6 is 11.8 Å². The Bertz CT molecular complexity index is 1480. The molecule has 4 nitrogen and oxygen atoms in total. The van der Waals surface area contributed by atoms with E-state index in [1.54, 1.807) is 4.90 Å². The number of hydrogen-bond acceptors (Lipinski definition) is 4. The van der Waals surface area contributed by atoms with Crippen LogP contribution in [0.3, 0.4) is 0 Å². The molecule has 1 amide bonds. The summed E-state index contributed by atoms with van der Waals surface area (Å²) in [7, 11) is 0. The second-order valence-electron chi connectivity index (χ2n) is 12.6. The molecule has 3 aromatic carbocycles. The van der Waals surface area contributed by atoms with Gasteiger partial charge in [-0.3, -0.25) is 9.69 Å². The van der Waals surface area contributed by atoms with Gasteiger partial charge in [-0.1, -0.05) is 53.7 Å². The maximum absolute atomic E-state index is 14.0. The molecule has 1 saturated heterocycles. The molecular weight excluding hydrogens is 500 g/mol. The number of aliphatic imine (C=N–C) groups is 1. The van der Waals surface area contributed by atoms with E-state index in [1.807, 2.05) is 42.5 Å². The van der Waals surface area contributed by atoms with Gasteiger partial charge in [0.15, 0.2) is 5.17 Å². The summed E-state index contributed by atoms with van der Waals surface area (Å²) in [4.78, 5) is 21.2. The van der Waals surface area contributed by atoms with Crippen LogP contribution in [0, 0.1) is 27.7 Å². The number of amidine groups is 1. The molecule has 5 heteroatoms. The van der Waals surface area contributed by atoms with Gasteiger partial charge in [0, 0.05) is 11.1 Å². The fourth-order valence-corrected chi connectivity index (χ4v) is 5.58. The quantitative estimate of drug-likeness (QED) is 0.337. The minimum absolute atomic E-state index is 0.103. The van der Waals surface area contributed by atoms with Crippen molar-refractivity contribution in [3.8, 4) is 5.75 Å². The predicted molar refractivity (Wildman–Crippen MR) is 167 cm³/mol. The lowest BCUT2D eigenvalue weighted by Crippen LogP contribution is -2.28. The van der Waals surface area contributed by atoms with Crippen molar-refractivity contribution in [2.24, 2.45) is 4.99 Å². The molecule has 1 N–H and O–H groups in total. The first-order chi connectivity index (χ1) is 18.1. The first-order valence-electron chi connectivity index (χ1n) is 13.4. The summed E-state index contributed by atoms with van der Waals surface area (Å²) in [6.07, 6.45) is 1.94. The minimum atomic E-state index is -0.257. The summed E-state index contributed by atoms with van der Waals surface area (Å²) < 4.78 is 0. The fourth-order valence-electron chi connectivity index (χ4n) is 4.58. The Balaban J connectivity index is 1.88. The number of nitrogens with zero attached hydrogens (tertiary/aromatic N) is 2. The molecule has 0 spiro atoms. The summed E-state index contributed by atoms with van der Waals surface area (Å²) >= 11 is 1.39. The number of aryl methyl sites for hydroxylation is 4. The Labute approximate surface area is 237 Å². The third-order valence-corrected chi connectivity index (χ3v) is 8.29. The molecule has 0 aliphatic carbocycles. The first-order valence-corrected chi connectivity index (χ1v) is 14.2. The van der Waals surface area contributed by atoms with Crippen LogP contribution in [-0.4, -0.2) is 16.2 Å². The lowest BCUT2D eigenvalue weighted by Gasteiger charge is -2.28. The Hall–Kier alpha value is -3.31. The van der Waals surface area contributed by atoms with Gasteiger partial charge in [-0.2, -0.15) is 0 Å². The summed E-state index contributed by atoms with van der Waals surface area (Å²) in [5, 5.41) is 11.8. The molecule has 1 aliphatic rings. The monoisotopic (exact) mass is 540 g/mol. The van der Waals surface area contributed by atoms with E-state index in [2.05, 4.69) is 81.4 Å². The Morgan fingerprint density at radius 1 is 0.769 bits per heavy atom. The molecule has 1 fully saturated rings. The molecule has 0 atom stereocenters. The predicted octanol–water partition coefficient (Wildman–Crippen LogP) is 9.03. The van der Waals surface area contributed by atoms with E-state index in [1.165, 1.54) is 22.9 Å². The number of benzene rings is 3. The van der Waals surface area contributed by atoms with Crippen LogP contribution in [0.15, 0.2) is 58.4 Å². The van der Waals surface area contributed by atoms with Crippen molar-refractivity contribution in [3.63, 3.8) is 0 Å². The van der Waals surface area contributed by atoms with Gasteiger partial charge in [-0.15, -0.1) is 0 Å². The highest BCUT2D eigenvalue weighted by Gasteiger charge is 2.35. The van der Waals surface area contributed by atoms with E-state index in [-0.39, 0.29) is 16.7 Å². The number of phenolic OH excluding ortho intramolecular Hbond substituents is 1. The largest absolute Gasteiger partial charge is 0.507 e. The van der Waals surface area contributed by atoms with Gasteiger partial charge in [0.1, 0.15) is 5.75 Å². The molecule has 0 aromatic heterocycles. The smallest absolute Gasteiger partial charge is 0.271 e. The van der Waals surface area contributed by atoms with Gasteiger partial charge in [0.05, 0.1) is 16.3 Å². The van der Waals surface area contributed by atoms with Crippen LogP contribution in [0.5, 0.6) is 5.75 Å². The zero-order chi connectivity index (χ0) is 28.9. The Kier molecular flexibility index (Phi) is 7.61. The molecule has 1 heterocycles. The van der Waals surface area contributed by atoms with Crippen molar-refractivity contribution >= 4 is 40.3 Å². The summed E-state index contributed by atoms with van der Waals surface area (Å²) in [6, 6.07) is 16.2. The maximum atomic E-state index is 14.0. The average Bonchev–Trinajstić information content (AvgIpc) is 3.12. The van der Waals surface area contributed by atoms with Crippen LogP contribution in [0.25, 0.3) is 6.08 Å². The molecule has 0 saturated carbocycles. The zero-order valence-corrected chi connectivity index (χ0v) is 25.7. The van der Waals surface area contributed by atoms with Crippen molar-refractivity contribution in [1.29, 1.82) is 0 Å². The molecular formula is C34H40N2O2S. The van der Waals surface area contributed by atoms with E-state index in [0.29, 0.717) is 15.8 Å². The number of hydrogen-bond donors (Lipinski definition) is 1. The molecule has 0 unspecified atom stereocenters. The standard InChI is InChI=1S/C34H40N2O2S/c1-20-11-13-25(15-22(20)3)35-32-36(26-14-12-21(2)23(4)16-26)31(38)29(39-32)19-24-17-27(33(5,6)7)30(37)28(18-24)34(8,9)10/h11-19,37H,1-10H3/b29-19-,35-32?. The molecule has 4 rings (SSSR count). The van der Waals surface area contributed by atoms with Gasteiger partial charge in [0.2, 0.25) is 0 Å². The number of anilines is 1. The van der Waals surface area contributed by atoms with Crippen molar-refractivity contribution in [2.75, 3.05) is 4.90 Å². The average molecular weight is 541 g/mol. The topological polar surface area (TPSA) is 52.9 Å². The van der Waals surface area contributed by atoms with Crippen molar-refractivity contribution in [2.45, 2.75) is 80.1 Å². The van der Waals surface area contributed by atoms with Gasteiger partial charge in [-0.25, -0.2) is 4.99 Å². The van der Waals surface area contributed by atoms with Crippen molar-refractivity contribution < 1.29 is 9.90 Å². The van der Waals surface area contributed by atoms with Gasteiger partial charge < -0.3 is 5.11 Å². The Morgan fingerprint density at radius 3 is 1.82 bits per heavy atom. The van der Waals surface area contributed by atoms with Gasteiger partial charge in [-0.05, 0) is 121 Å². The second-order valence-corrected chi connectivity index (χ2v) is 13.7. The lowest BCUT2D eigenvalue weighted by molar-refractivity contribution is -0.113. The van der Waals surface area contributed by atoms with Crippen molar-refractivity contribution in [3.05, 3.63) is 92.4 Å². The van der Waals surface area contributed by atoms with Gasteiger partial charge >= 0.3 is 0 Å². The number of thioether (sulfide) groups is 1. The highest BCUT2D eigenvalue weighted by atomic mass is 32.2. The molecule has 39 heavy (non-hydrogen) atoms. The SMILES string of the molecule is Cc1ccc(N=C2S/C(=C\c3cc(C(C)(C)C)c(O)c(C(C)(C)C)c3)C(=O)N2c2ccc(C)c(C)c2)cc1C. The van der Waals surface area contributed by atoms with E-state index in [9.17, 15) is 9.90 Å². The summed E-state index contributed by atoms with van der Waals surface area (Å²) in [5.74, 6) is 0.227. The number of aromatic hydroxyl groups is 1. The maximum Gasteiger partial charge on any atom is 0.271 e. The number of amides is 1. The number of rotatable bonds is 3. The van der Waals surface area contributed by atoms with E-state index in [0.717, 1.165) is 39.2 Å². The molecule has 0 bridgehead atoms. The van der Waals surface area contributed by atoms with E-state index < -0.39 is 0 Å². The fraction of sp³-hybridized carbons (Fsp3) is 0.353.